The van der Waals surface area contributed by atoms with Crippen LogP contribution in [0.3, 0.4) is 0 Å². The molecule has 0 radical (unpaired) electrons. The topological polar surface area (TPSA) is 61.5 Å². The van der Waals surface area contributed by atoms with Crippen molar-refractivity contribution in [3.8, 4) is 0 Å². The van der Waals surface area contributed by atoms with Gasteiger partial charge in [-0.25, -0.2) is 0 Å². The van der Waals surface area contributed by atoms with E-state index in [0.717, 1.165) is 32.3 Å². The molecule has 2 aliphatic rings. The molecule has 4 nitrogen and oxygen atoms in total. The summed E-state index contributed by atoms with van der Waals surface area (Å²) in [6, 6.07) is 0. The van der Waals surface area contributed by atoms with Gasteiger partial charge >= 0.3 is 5.97 Å². The molecule has 4 heteroatoms. The van der Waals surface area contributed by atoms with Crippen molar-refractivity contribution in [1.29, 1.82) is 0 Å². The van der Waals surface area contributed by atoms with E-state index in [9.17, 15) is 4.79 Å². The molecular weight excluding hydrogens is 266 g/mol. The number of nitrogens with two attached hydrogens (primary N) is 1. The molecule has 0 aromatic heterocycles. The largest absolute Gasteiger partial charge is 0.465 e. The van der Waals surface area contributed by atoms with Crippen LogP contribution in [0.15, 0.2) is 0 Å². The second-order valence-corrected chi connectivity index (χ2v) is 6.81. The van der Waals surface area contributed by atoms with E-state index in [1.54, 1.807) is 0 Å². The Kier molecular flexibility index (Phi) is 6.06. The summed E-state index contributed by atoms with van der Waals surface area (Å²) in [5.41, 5.74) is 5.57. The smallest absolute Gasteiger partial charge is 0.326 e. The minimum Gasteiger partial charge on any atom is -0.465 e. The van der Waals surface area contributed by atoms with E-state index in [0.29, 0.717) is 18.6 Å². The van der Waals surface area contributed by atoms with Crippen molar-refractivity contribution in [2.75, 3.05) is 13.2 Å². The van der Waals surface area contributed by atoms with Crippen molar-refractivity contribution in [3.05, 3.63) is 0 Å². The Hall–Kier alpha value is -0.610. The van der Waals surface area contributed by atoms with Gasteiger partial charge in [-0.05, 0) is 50.9 Å². The molecule has 0 amide bonds. The van der Waals surface area contributed by atoms with Gasteiger partial charge in [0.25, 0.3) is 0 Å². The molecule has 2 saturated carbocycles. The Bertz CT molecular complexity index is 347. The molecule has 0 bridgehead atoms. The summed E-state index contributed by atoms with van der Waals surface area (Å²) >= 11 is 0. The molecule has 122 valence electrons. The first kappa shape index (κ1) is 16.8. The van der Waals surface area contributed by atoms with Gasteiger partial charge in [-0.15, -0.1) is 0 Å². The third-order valence-electron chi connectivity index (χ3n) is 5.36. The lowest BCUT2D eigenvalue weighted by Gasteiger charge is -2.31. The summed E-state index contributed by atoms with van der Waals surface area (Å²) in [5.74, 6) is 0.643. The van der Waals surface area contributed by atoms with E-state index >= 15 is 0 Å². The van der Waals surface area contributed by atoms with Crippen LogP contribution in [0.1, 0.15) is 65.2 Å². The zero-order valence-corrected chi connectivity index (χ0v) is 13.6. The minimum absolute atomic E-state index is 0.204. The number of esters is 1. The average Bonchev–Trinajstić information content (AvgIpc) is 2.84. The molecule has 2 rings (SSSR count). The normalized spacial score (nSPS) is 36.6. The summed E-state index contributed by atoms with van der Waals surface area (Å²) in [7, 11) is 0. The third kappa shape index (κ3) is 3.98. The van der Waals surface area contributed by atoms with Gasteiger partial charge in [0.05, 0.1) is 12.7 Å². The standard InChI is InChI=1S/C17H31NO3/c1-3-20-16(19)17(18)11-6-8-14(17)10-12-21-15-9-5-4-7-13(15)2/h13-15H,3-12,18H2,1-2H3. The van der Waals surface area contributed by atoms with Gasteiger partial charge in [0, 0.05) is 6.61 Å². The minimum atomic E-state index is -0.780. The number of hydrogen-bond acceptors (Lipinski definition) is 4. The number of hydrogen-bond donors (Lipinski definition) is 1. The summed E-state index contributed by atoms with van der Waals surface area (Å²) < 4.78 is 11.3. The lowest BCUT2D eigenvalue weighted by atomic mass is 9.85. The molecule has 0 spiro atoms. The van der Waals surface area contributed by atoms with Gasteiger partial charge in [-0.3, -0.25) is 4.79 Å². The molecule has 0 aromatic rings. The average molecular weight is 297 g/mol. The zero-order valence-electron chi connectivity index (χ0n) is 13.6. The third-order valence-corrected chi connectivity index (χ3v) is 5.36. The summed E-state index contributed by atoms with van der Waals surface area (Å²) in [6.45, 7) is 5.24. The predicted molar refractivity (Wildman–Crippen MR) is 82.9 cm³/mol. The van der Waals surface area contributed by atoms with Gasteiger partial charge in [-0.1, -0.05) is 26.2 Å². The second-order valence-electron chi connectivity index (χ2n) is 6.81. The molecule has 2 N–H and O–H groups in total. The highest BCUT2D eigenvalue weighted by Crippen LogP contribution is 2.37. The molecule has 2 aliphatic carbocycles. The van der Waals surface area contributed by atoms with Gasteiger partial charge in [0.15, 0.2) is 0 Å². The highest BCUT2D eigenvalue weighted by molar-refractivity contribution is 5.81. The van der Waals surface area contributed by atoms with E-state index in [2.05, 4.69) is 6.92 Å². The lowest BCUT2D eigenvalue weighted by molar-refractivity contribution is -0.151. The van der Waals surface area contributed by atoms with Crippen LogP contribution in [0.5, 0.6) is 0 Å². The van der Waals surface area contributed by atoms with Gasteiger partial charge < -0.3 is 15.2 Å². The number of carbonyl (C=O) groups is 1. The molecule has 21 heavy (non-hydrogen) atoms. The fourth-order valence-corrected chi connectivity index (χ4v) is 3.93. The van der Waals surface area contributed by atoms with Crippen LogP contribution in [0.2, 0.25) is 0 Å². The van der Waals surface area contributed by atoms with Crippen LogP contribution in [-0.2, 0) is 14.3 Å². The molecule has 2 fully saturated rings. The van der Waals surface area contributed by atoms with E-state index in [1.165, 1.54) is 25.7 Å². The van der Waals surface area contributed by atoms with E-state index in [4.69, 9.17) is 15.2 Å². The number of ether oxygens (including phenoxy) is 2. The first-order valence-corrected chi connectivity index (χ1v) is 8.65. The Morgan fingerprint density at radius 1 is 1.24 bits per heavy atom. The lowest BCUT2D eigenvalue weighted by Crippen LogP contribution is -2.52. The predicted octanol–water partition coefficient (Wildman–Crippen LogP) is 3.03. The van der Waals surface area contributed by atoms with Crippen molar-refractivity contribution in [1.82, 2.24) is 0 Å². The summed E-state index contributed by atoms with van der Waals surface area (Å²) in [5, 5.41) is 0. The summed E-state index contributed by atoms with van der Waals surface area (Å²) in [6.07, 6.45) is 9.11. The van der Waals surface area contributed by atoms with Crippen LogP contribution in [-0.4, -0.2) is 30.8 Å². The fraction of sp³-hybridized carbons (Fsp3) is 0.941. The SMILES string of the molecule is CCOC(=O)C1(N)CCCC1CCOC1CCCCC1C. The van der Waals surface area contributed by atoms with E-state index < -0.39 is 5.54 Å². The first-order chi connectivity index (χ1) is 10.1. The molecule has 0 saturated heterocycles. The number of rotatable bonds is 6. The molecule has 0 aromatic carbocycles. The fourth-order valence-electron chi connectivity index (χ4n) is 3.93. The Morgan fingerprint density at radius 3 is 2.71 bits per heavy atom. The molecule has 4 atom stereocenters. The maximum Gasteiger partial charge on any atom is 0.326 e. The van der Waals surface area contributed by atoms with Crippen molar-refractivity contribution < 1.29 is 14.3 Å². The summed E-state index contributed by atoms with van der Waals surface area (Å²) in [4.78, 5) is 12.1. The molecular formula is C17H31NO3. The van der Waals surface area contributed by atoms with Gasteiger partial charge in [-0.2, -0.15) is 0 Å². The van der Waals surface area contributed by atoms with Gasteiger partial charge in [0.2, 0.25) is 0 Å². The molecule has 4 unspecified atom stereocenters. The van der Waals surface area contributed by atoms with Crippen LogP contribution >= 0.6 is 0 Å². The van der Waals surface area contributed by atoms with Crippen molar-refractivity contribution >= 4 is 5.97 Å². The van der Waals surface area contributed by atoms with Crippen molar-refractivity contribution in [2.45, 2.75) is 76.9 Å². The van der Waals surface area contributed by atoms with Crippen LogP contribution in [0.25, 0.3) is 0 Å². The molecule has 0 heterocycles. The maximum absolute atomic E-state index is 12.1. The Labute approximate surface area is 128 Å². The van der Waals surface area contributed by atoms with Crippen molar-refractivity contribution in [3.63, 3.8) is 0 Å². The van der Waals surface area contributed by atoms with Crippen LogP contribution < -0.4 is 5.73 Å². The second kappa shape index (κ2) is 7.59. The van der Waals surface area contributed by atoms with Gasteiger partial charge in [0.1, 0.15) is 5.54 Å². The van der Waals surface area contributed by atoms with Crippen LogP contribution in [0, 0.1) is 11.8 Å². The maximum atomic E-state index is 12.1. The number of carbonyl (C=O) groups excluding carboxylic acids is 1. The highest BCUT2D eigenvalue weighted by atomic mass is 16.5. The monoisotopic (exact) mass is 297 g/mol. The Morgan fingerprint density at radius 2 is 2.00 bits per heavy atom. The van der Waals surface area contributed by atoms with Crippen molar-refractivity contribution in [2.24, 2.45) is 17.6 Å². The quantitative estimate of drug-likeness (QED) is 0.765. The van der Waals surface area contributed by atoms with Crippen LogP contribution in [0.4, 0.5) is 0 Å². The highest BCUT2D eigenvalue weighted by Gasteiger charge is 2.46. The van der Waals surface area contributed by atoms with E-state index in [-0.39, 0.29) is 11.9 Å². The first-order valence-electron chi connectivity index (χ1n) is 8.65. The Balaban J connectivity index is 1.80. The molecule has 0 aliphatic heterocycles. The van der Waals surface area contributed by atoms with E-state index in [1.807, 2.05) is 6.92 Å². The zero-order chi connectivity index (χ0) is 15.3.